The summed E-state index contributed by atoms with van der Waals surface area (Å²) in [4.78, 5) is 27.1. The van der Waals surface area contributed by atoms with Crippen molar-refractivity contribution in [3.8, 4) is 0 Å². The number of carbonyl (C=O) groups excluding carboxylic acids is 2. The Morgan fingerprint density at radius 3 is 3.05 bits per heavy atom. The summed E-state index contributed by atoms with van der Waals surface area (Å²) in [7, 11) is 0. The molecule has 2 amide bonds. The fourth-order valence-electron chi connectivity index (χ4n) is 1.87. The first-order valence-electron chi connectivity index (χ1n) is 5.66. The molecule has 3 rings (SSSR count). The molecule has 2 aromatic rings. The van der Waals surface area contributed by atoms with E-state index in [1.807, 2.05) is 0 Å². The van der Waals surface area contributed by atoms with Gasteiger partial charge in [-0.15, -0.1) is 0 Å². The molecular weight excluding hydrogens is 248 g/mol. The number of aryl methyl sites for hydroxylation is 1. The van der Waals surface area contributed by atoms with E-state index in [2.05, 4.69) is 20.8 Å². The number of rotatable bonds is 2. The Bertz CT molecular complexity index is 677. The molecule has 19 heavy (non-hydrogen) atoms. The third-order valence-corrected chi connectivity index (χ3v) is 2.75. The van der Waals surface area contributed by atoms with Crippen molar-refractivity contribution in [1.29, 1.82) is 0 Å². The van der Waals surface area contributed by atoms with Crippen molar-refractivity contribution in [2.75, 3.05) is 10.6 Å². The number of aromatic nitrogens is 2. The highest BCUT2D eigenvalue weighted by Crippen LogP contribution is 2.24. The summed E-state index contributed by atoms with van der Waals surface area (Å²) in [6.07, 6.45) is 0.347. The zero-order valence-electron chi connectivity index (χ0n) is 10.1. The fourth-order valence-corrected chi connectivity index (χ4v) is 1.87. The van der Waals surface area contributed by atoms with Crippen LogP contribution < -0.4 is 10.6 Å². The van der Waals surface area contributed by atoms with Gasteiger partial charge in [0.15, 0.2) is 5.82 Å². The minimum Gasteiger partial charge on any atom is -0.326 e. The highest BCUT2D eigenvalue weighted by atomic mass is 16.5. The first kappa shape index (κ1) is 11.4. The van der Waals surface area contributed by atoms with Crippen LogP contribution in [0.5, 0.6) is 0 Å². The van der Waals surface area contributed by atoms with Crippen molar-refractivity contribution in [1.82, 2.24) is 10.1 Å². The van der Waals surface area contributed by atoms with Crippen molar-refractivity contribution in [2.24, 2.45) is 0 Å². The van der Waals surface area contributed by atoms with Crippen LogP contribution in [-0.2, 0) is 11.2 Å². The number of anilines is 2. The average Bonchev–Trinajstić information content (AvgIpc) is 2.93. The lowest BCUT2D eigenvalue weighted by atomic mass is 10.1. The van der Waals surface area contributed by atoms with Gasteiger partial charge in [-0.2, -0.15) is 4.98 Å². The summed E-state index contributed by atoms with van der Waals surface area (Å²) in [6.45, 7) is 1.66. The molecule has 0 bridgehead atoms. The van der Waals surface area contributed by atoms with Crippen molar-refractivity contribution < 1.29 is 14.1 Å². The van der Waals surface area contributed by atoms with E-state index < -0.39 is 0 Å². The van der Waals surface area contributed by atoms with Crippen molar-refractivity contribution in [2.45, 2.75) is 13.3 Å². The van der Waals surface area contributed by atoms with Crippen LogP contribution in [0, 0.1) is 6.92 Å². The lowest BCUT2D eigenvalue weighted by molar-refractivity contribution is -0.115. The van der Waals surface area contributed by atoms with Crippen LogP contribution in [0.3, 0.4) is 0 Å². The molecule has 0 fully saturated rings. The minimum absolute atomic E-state index is 0.0482. The molecule has 96 valence electrons. The fraction of sp³-hybridized carbons (Fsp3) is 0.167. The SMILES string of the molecule is Cc1noc(NC(=O)c2ccc3c(c2)NC(=O)C3)n1. The monoisotopic (exact) mass is 258 g/mol. The molecule has 2 N–H and O–H groups in total. The van der Waals surface area contributed by atoms with E-state index in [0.29, 0.717) is 23.5 Å². The van der Waals surface area contributed by atoms with Gasteiger partial charge in [0, 0.05) is 11.3 Å². The zero-order valence-corrected chi connectivity index (χ0v) is 10.1. The Kier molecular flexibility index (Phi) is 2.52. The molecule has 1 aromatic heterocycles. The quantitative estimate of drug-likeness (QED) is 0.841. The standard InChI is InChI=1S/C12H10N4O3/c1-6-13-12(19-16-6)15-11(18)8-3-2-7-5-10(17)14-9(7)4-8/h2-4H,5H2,1H3,(H,14,17)(H,13,15,16,18). The maximum atomic E-state index is 12.0. The molecule has 1 aliphatic heterocycles. The molecule has 0 unspecified atom stereocenters. The summed E-state index contributed by atoms with van der Waals surface area (Å²) in [5.41, 5.74) is 1.96. The molecule has 0 saturated carbocycles. The second-order valence-electron chi connectivity index (χ2n) is 4.20. The van der Waals surface area contributed by atoms with Crippen LogP contribution in [0.25, 0.3) is 0 Å². The van der Waals surface area contributed by atoms with Crippen molar-refractivity contribution in [3.05, 3.63) is 35.2 Å². The van der Waals surface area contributed by atoms with E-state index in [9.17, 15) is 9.59 Å². The van der Waals surface area contributed by atoms with E-state index in [4.69, 9.17) is 4.52 Å². The van der Waals surface area contributed by atoms with Crippen LogP contribution in [0.15, 0.2) is 22.7 Å². The first-order chi connectivity index (χ1) is 9.11. The third kappa shape index (κ3) is 2.17. The van der Waals surface area contributed by atoms with E-state index in [1.54, 1.807) is 25.1 Å². The lowest BCUT2D eigenvalue weighted by Gasteiger charge is -2.03. The van der Waals surface area contributed by atoms with Gasteiger partial charge in [-0.3, -0.25) is 14.9 Å². The van der Waals surface area contributed by atoms with E-state index in [1.165, 1.54) is 0 Å². The van der Waals surface area contributed by atoms with E-state index in [0.717, 1.165) is 5.56 Å². The van der Waals surface area contributed by atoms with Gasteiger partial charge in [-0.05, 0) is 24.6 Å². The molecule has 0 radical (unpaired) electrons. The Hall–Kier alpha value is -2.70. The zero-order chi connectivity index (χ0) is 13.4. The van der Waals surface area contributed by atoms with Gasteiger partial charge in [-0.1, -0.05) is 11.2 Å². The topological polar surface area (TPSA) is 97.1 Å². The summed E-state index contributed by atoms with van der Waals surface area (Å²) in [6, 6.07) is 5.07. The highest BCUT2D eigenvalue weighted by molar-refractivity contribution is 6.06. The predicted octanol–water partition coefficient (Wildman–Crippen LogP) is 1.12. The number of hydrogen-bond donors (Lipinski definition) is 2. The molecule has 2 heterocycles. The Labute approximate surface area is 108 Å². The Balaban J connectivity index is 1.81. The van der Waals surface area contributed by atoms with Gasteiger partial charge in [-0.25, -0.2) is 0 Å². The minimum atomic E-state index is -0.368. The lowest BCUT2D eigenvalue weighted by Crippen LogP contribution is -2.12. The van der Waals surface area contributed by atoms with Crippen molar-refractivity contribution in [3.63, 3.8) is 0 Å². The Morgan fingerprint density at radius 1 is 1.47 bits per heavy atom. The van der Waals surface area contributed by atoms with Crippen LogP contribution in [0.2, 0.25) is 0 Å². The number of carbonyl (C=O) groups is 2. The molecular formula is C12H10N4O3. The van der Waals surface area contributed by atoms with Crippen LogP contribution in [0.4, 0.5) is 11.7 Å². The van der Waals surface area contributed by atoms with Gasteiger partial charge in [0.2, 0.25) is 5.91 Å². The molecule has 7 nitrogen and oxygen atoms in total. The highest BCUT2D eigenvalue weighted by Gasteiger charge is 2.19. The molecule has 0 aliphatic carbocycles. The maximum Gasteiger partial charge on any atom is 0.328 e. The third-order valence-electron chi connectivity index (χ3n) is 2.75. The average molecular weight is 258 g/mol. The van der Waals surface area contributed by atoms with Crippen LogP contribution >= 0.6 is 0 Å². The van der Waals surface area contributed by atoms with E-state index in [-0.39, 0.29) is 17.8 Å². The van der Waals surface area contributed by atoms with Gasteiger partial charge in [0.25, 0.3) is 5.91 Å². The van der Waals surface area contributed by atoms with Gasteiger partial charge < -0.3 is 9.84 Å². The number of amides is 2. The number of benzene rings is 1. The van der Waals surface area contributed by atoms with Gasteiger partial charge in [0.05, 0.1) is 6.42 Å². The summed E-state index contributed by atoms with van der Waals surface area (Å²) in [5.74, 6) is 0.00389. The molecule has 0 atom stereocenters. The summed E-state index contributed by atoms with van der Waals surface area (Å²) < 4.78 is 4.80. The first-order valence-corrected chi connectivity index (χ1v) is 5.66. The number of nitrogens with one attached hydrogen (secondary N) is 2. The predicted molar refractivity (Wildman–Crippen MR) is 65.8 cm³/mol. The number of nitrogens with zero attached hydrogens (tertiary/aromatic N) is 2. The van der Waals surface area contributed by atoms with Crippen LogP contribution in [0.1, 0.15) is 21.7 Å². The largest absolute Gasteiger partial charge is 0.328 e. The van der Waals surface area contributed by atoms with E-state index >= 15 is 0 Å². The second kappa shape index (κ2) is 4.20. The Morgan fingerprint density at radius 2 is 2.32 bits per heavy atom. The van der Waals surface area contributed by atoms with Crippen LogP contribution in [-0.4, -0.2) is 22.0 Å². The second-order valence-corrected chi connectivity index (χ2v) is 4.20. The normalized spacial score (nSPS) is 13.0. The van der Waals surface area contributed by atoms with Crippen molar-refractivity contribution >= 4 is 23.5 Å². The maximum absolute atomic E-state index is 12.0. The molecule has 7 heteroatoms. The molecule has 0 saturated heterocycles. The molecule has 1 aromatic carbocycles. The molecule has 0 spiro atoms. The number of hydrogen-bond acceptors (Lipinski definition) is 5. The van der Waals surface area contributed by atoms with Gasteiger partial charge >= 0.3 is 6.01 Å². The summed E-state index contributed by atoms with van der Waals surface area (Å²) >= 11 is 0. The van der Waals surface area contributed by atoms with Gasteiger partial charge in [0.1, 0.15) is 0 Å². The molecule has 1 aliphatic rings. The number of fused-ring (bicyclic) bond motifs is 1. The smallest absolute Gasteiger partial charge is 0.326 e. The summed E-state index contributed by atoms with van der Waals surface area (Å²) in [5, 5.41) is 8.75.